The third kappa shape index (κ3) is 13.2. The highest BCUT2D eigenvalue weighted by atomic mass is 16.4. The van der Waals surface area contributed by atoms with Crippen LogP contribution < -0.4 is 10.6 Å². The van der Waals surface area contributed by atoms with Gasteiger partial charge in [0.05, 0.1) is 0 Å². The number of hydrogen-bond donors (Lipinski definition) is 4. The van der Waals surface area contributed by atoms with Gasteiger partial charge in [-0.2, -0.15) is 0 Å². The molecule has 26 heavy (non-hydrogen) atoms. The van der Waals surface area contributed by atoms with Gasteiger partial charge in [-0.05, 0) is 26.7 Å². The Bertz CT molecular complexity index is 425. The summed E-state index contributed by atoms with van der Waals surface area (Å²) in [7, 11) is 0. The molecule has 0 rings (SSSR count). The van der Waals surface area contributed by atoms with Gasteiger partial charge in [-0.15, -0.1) is 0 Å². The summed E-state index contributed by atoms with van der Waals surface area (Å²) in [5, 5.41) is 22.2. The third-order valence-electron chi connectivity index (χ3n) is 4.05. The molecule has 0 spiro atoms. The fourth-order valence-corrected chi connectivity index (χ4v) is 2.38. The number of unbranched alkanes of at least 4 members (excludes halogenated alkanes) is 7. The lowest BCUT2D eigenvalue weighted by Crippen LogP contribution is -2.38. The summed E-state index contributed by atoms with van der Waals surface area (Å²) in [6, 6.07) is -1.70. The molecule has 8 nitrogen and oxygen atoms in total. The van der Waals surface area contributed by atoms with Crippen LogP contribution in [0.25, 0.3) is 0 Å². The molecule has 150 valence electrons. The molecule has 0 bridgehead atoms. The third-order valence-corrected chi connectivity index (χ3v) is 4.05. The minimum Gasteiger partial charge on any atom is -0.480 e. The van der Waals surface area contributed by atoms with Crippen molar-refractivity contribution < 1.29 is 29.4 Å². The van der Waals surface area contributed by atoms with Crippen LogP contribution >= 0.6 is 0 Å². The first kappa shape index (κ1) is 23.9. The highest BCUT2D eigenvalue weighted by Crippen LogP contribution is 2.10. The van der Waals surface area contributed by atoms with Crippen LogP contribution in [0.2, 0.25) is 0 Å². The van der Waals surface area contributed by atoms with Gasteiger partial charge in [-0.1, -0.05) is 38.5 Å². The van der Waals surface area contributed by atoms with Crippen LogP contribution in [0.15, 0.2) is 0 Å². The Hall–Kier alpha value is -2.12. The van der Waals surface area contributed by atoms with Crippen LogP contribution in [0.5, 0.6) is 0 Å². The number of carboxylic acids is 2. The highest BCUT2D eigenvalue weighted by molar-refractivity contribution is 5.83. The quantitative estimate of drug-likeness (QED) is 0.325. The fourth-order valence-electron chi connectivity index (χ4n) is 2.38. The van der Waals surface area contributed by atoms with Crippen LogP contribution in [0.1, 0.15) is 78.1 Å². The van der Waals surface area contributed by atoms with Crippen molar-refractivity contribution >= 4 is 23.8 Å². The van der Waals surface area contributed by atoms with Crippen molar-refractivity contribution in [3.05, 3.63) is 0 Å². The molecular formula is C18H32N2O6. The van der Waals surface area contributed by atoms with Gasteiger partial charge in [0, 0.05) is 12.8 Å². The van der Waals surface area contributed by atoms with Gasteiger partial charge in [0.25, 0.3) is 0 Å². The molecule has 0 aromatic rings. The van der Waals surface area contributed by atoms with E-state index in [2.05, 4.69) is 10.6 Å². The van der Waals surface area contributed by atoms with Crippen molar-refractivity contribution in [2.24, 2.45) is 0 Å². The zero-order valence-corrected chi connectivity index (χ0v) is 15.8. The molecule has 0 aliphatic carbocycles. The first-order chi connectivity index (χ1) is 12.2. The van der Waals surface area contributed by atoms with Gasteiger partial charge in [-0.25, -0.2) is 0 Å². The second-order valence-corrected chi connectivity index (χ2v) is 6.58. The van der Waals surface area contributed by atoms with E-state index in [1.807, 2.05) is 0 Å². The van der Waals surface area contributed by atoms with Crippen molar-refractivity contribution in [2.75, 3.05) is 0 Å². The zero-order chi connectivity index (χ0) is 19.9. The zero-order valence-electron chi connectivity index (χ0n) is 15.8. The Morgan fingerprint density at radius 2 is 0.885 bits per heavy atom. The number of carbonyl (C=O) groups is 4. The second kappa shape index (κ2) is 14.1. The predicted molar refractivity (Wildman–Crippen MR) is 96.7 cm³/mol. The summed E-state index contributed by atoms with van der Waals surface area (Å²) >= 11 is 0. The molecule has 0 aromatic heterocycles. The van der Waals surface area contributed by atoms with E-state index in [-0.39, 0.29) is 11.8 Å². The molecule has 0 saturated carbocycles. The van der Waals surface area contributed by atoms with Gasteiger partial charge in [0.1, 0.15) is 12.1 Å². The number of rotatable bonds is 15. The summed E-state index contributed by atoms with van der Waals surface area (Å²) in [5.41, 5.74) is 0. The average Bonchev–Trinajstić information content (AvgIpc) is 2.56. The maximum atomic E-state index is 11.5. The van der Waals surface area contributed by atoms with Crippen molar-refractivity contribution in [2.45, 2.75) is 90.1 Å². The second-order valence-electron chi connectivity index (χ2n) is 6.58. The van der Waals surface area contributed by atoms with Gasteiger partial charge < -0.3 is 20.8 Å². The molecule has 0 aliphatic heterocycles. The molecular weight excluding hydrogens is 340 g/mol. The molecule has 0 fully saturated rings. The molecule has 4 N–H and O–H groups in total. The lowest BCUT2D eigenvalue weighted by Gasteiger charge is -2.09. The van der Waals surface area contributed by atoms with Gasteiger partial charge in [0.2, 0.25) is 11.8 Å². The average molecular weight is 372 g/mol. The Morgan fingerprint density at radius 1 is 0.615 bits per heavy atom. The van der Waals surface area contributed by atoms with Crippen molar-refractivity contribution in [1.29, 1.82) is 0 Å². The molecule has 2 amide bonds. The van der Waals surface area contributed by atoms with Crippen molar-refractivity contribution in [3.63, 3.8) is 0 Å². The Balaban J connectivity index is 3.44. The number of hydrogen-bond acceptors (Lipinski definition) is 4. The van der Waals surface area contributed by atoms with E-state index in [4.69, 9.17) is 10.2 Å². The molecule has 0 aliphatic rings. The number of aliphatic carboxylic acids is 2. The van der Waals surface area contributed by atoms with E-state index in [9.17, 15) is 19.2 Å². The number of carbonyl (C=O) groups excluding carboxylic acids is 2. The summed E-state index contributed by atoms with van der Waals surface area (Å²) in [6.45, 7) is 2.88. The molecule has 0 aromatic carbocycles. The van der Waals surface area contributed by atoms with Gasteiger partial charge in [-0.3, -0.25) is 19.2 Å². The summed E-state index contributed by atoms with van der Waals surface area (Å²) in [6.07, 6.45) is 8.25. The van der Waals surface area contributed by atoms with E-state index in [0.29, 0.717) is 12.8 Å². The molecule has 0 unspecified atom stereocenters. The Morgan fingerprint density at radius 3 is 1.15 bits per heavy atom. The molecule has 2 atom stereocenters. The van der Waals surface area contributed by atoms with Crippen molar-refractivity contribution in [3.8, 4) is 0 Å². The van der Waals surface area contributed by atoms with Crippen LogP contribution in [-0.2, 0) is 19.2 Å². The standard InChI is InChI=1S/C18H32N2O6/c1-13(17(23)24)19-15(21)11-9-7-5-3-4-6-8-10-12-16(22)20-14(2)18(25)26/h13-14H,3-12H2,1-2H3,(H,19,21)(H,20,22)(H,23,24)(H,25,26)/t13-,14-/m1/s1. The van der Waals surface area contributed by atoms with E-state index in [1.165, 1.54) is 13.8 Å². The molecule has 0 radical (unpaired) electrons. The number of amides is 2. The van der Waals surface area contributed by atoms with Crippen LogP contribution in [0.4, 0.5) is 0 Å². The largest absolute Gasteiger partial charge is 0.480 e. The van der Waals surface area contributed by atoms with Crippen LogP contribution in [0.3, 0.4) is 0 Å². The molecule has 8 heteroatoms. The molecule has 0 heterocycles. The number of nitrogens with one attached hydrogen (secondary N) is 2. The summed E-state index contributed by atoms with van der Waals surface area (Å²) < 4.78 is 0. The number of carboxylic acid groups (broad SMARTS) is 2. The van der Waals surface area contributed by atoms with E-state index >= 15 is 0 Å². The minimum absolute atomic E-state index is 0.226. The molecule has 0 saturated heterocycles. The smallest absolute Gasteiger partial charge is 0.325 e. The van der Waals surface area contributed by atoms with Gasteiger partial charge >= 0.3 is 11.9 Å². The maximum Gasteiger partial charge on any atom is 0.325 e. The lowest BCUT2D eigenvalue weighted by atomic mass is 10.1. The predicted octanol–water partition coefficient (Wildman–Crippen LogP) is 2.07. The Labute approximate surface area is 154 Å². The fraction of sp³-hybridized carbons (Fsp3) is 0.778. The summed E-state index contributed by atoms with van der Waals surface area (Å²) in [4.78, 5) is 44.2. The van der Waals surface area contributed by atoms with E-state index in [1.54, 1.807) is 0 Å². The maximum absolute atomic E-state index is 11.5. The normalized spacial score (nSPS) is 12.8. The first-order valence-corrected chi connectivity index (χ1v) is 9.28. The topological polar surface area (TPSA) is 133 Å². The van der Waals surface area contributed by atoms with Gasteiger partial charge in [0.15, 0.2) is 0 Å². The minimum atomic E-state index is -1.03. The van der Waals surface area contributed by atoms with Crippen LogP contribution in [-0.4, -0.2) is 46.0 Å². The SMILES string of the molecule is C[C@@H](NC(=O)CCCCCCCCCCC(=O)N[C@H](C)C(=O)O)C(=O)O. The Kier molecular flexibility index (Phi) is 12.9. The first-order valence-electron chi connectivity index (χ1n) is 9.28. The van der Waals surface area contributed by atoms with E-state index < -0.39 is 24.0 Å². The monoisotopic (exact) mass is 372 g/mol. The van der Waals surface area contributed by atoms with E-state index in [0.717, 1.165) is 51.4 Å². The lowest BCUT2D eigenvalue weighted by molar-refractivity contribution is -0.141. The van der Waals surface area contributed by atoms with Crippen molar-refractivity contribution in [1.82, 2.24) is 10.6 Å². The summed E-state index contributed by atoms with van der Waals surface area (Å²) in [5.74, 6) is -2.52. The van der Waals surface area contributed by atoms with Crippen LogP contribution in [0, 0.1) is 0 Å². The highest BCUT2D eigenvalue weighted by Gasteiger charge is 2.14.